The standard InChI is InChI=1S/C21H36N4O2/c1-3-4-5-8-11-23-21(22-2)24-18-19-9-6-7-10-20(19)27-17-14-25-12-15-26-16-13-25/h6-7,9-10H,3-5,8,11-18H2,1-2H3,(H2,22,23,24). The van der Waals surface area contributed by atoms with Crippen LogP contribution in [0.5, 0.6) is 5.75 Å². The highest BCUT2D eigenvalue weighted by molar-refractivity contribution is 5.79. The van der Waals surface area contributed by atoms with E-state index in [4.69, 9.17) is 9.47 Å². The zero-order chi connectivity index (χ0) is 19.2. The molecule has 1 aromatic rings. The van der Waals surface area contributed by atoms with E-state index in [0.717, 1.165) is 56.7 Å². The molecule has 27 heavy (non-hydrogen) atoms. The van der Waals surface area contributed by atoms with Crippen LogP contribution in [-0.2, 0) is 11.3 Å². The van der Waals surface area contributed by atoms with Gasteiger partial charge < -0.3 is 20.1 Å². The van der Waals surface area contributed by atoms with E-state index >= 15 is 0 Å². The Labute approximate surface area is 164 Å². The minimum Gasteiger partial charge on any atom is -0.492 e. The maximum Gasteiger partial charge on any atom is 0.191 e. The van der Waals surface area contributed by atoms with Gasteiger partial charge in [0.15, 0.2) is 5.96 Å². The number of rotatable bonds is 11. The highest BCUT2D eigenvalue weighted by Gasteiger charge is 2.10. The number of hydrogen-bond donors (Lipinski definition) is 2. The second-order valence-corrected chi connectivity index (χ2v) is 6.82. The number of guanidine groups is 1. The molecule has 1 heterocycles. The topological polar surface area (TPSA) is 58.1 Å². The number of aliphatic imine (C=N–C) groups is 1. The van der Waals surface area contributed by atoms with Crippen molar-refractivity contribution in [2.24, 2.45) is 4.99 Å². The molecule has 1 fully saturated rings. The summed E-state index contributed by atoms with van der Waals surface area (Å²) in [6.07, 6.45) is 4.99. The SMILES string of the molecule is CCCCCCNC(=NC)NCc1ccccc1OCCN1CCOCC1. The van der Waals surface area contributed by atoms with Gasteiger partial charge in [-0.25, -0.2) is 0 Å². The Morgan fingerprint density at radius 1 is 1.15 bits per heavy atom. The summed E-state index contributed by atoms with van der Waals surface area (Å²) in [7, 11) is 1.81. The Balaban J connectivity index is 1.73. The van der Waals surface area contributed by atoms with E-state index in [-0.39, 0.29) is 0 Å². The van der Waals surface area contributed by atoms with Crippen molar-refractivity contribution in [1.82, 2.24) is 15.5 Å². The fourth-order valence-electron chi connectivity index (χ4n) is 3.06. The van der Waals surface area contributed by atoms with E-state index < -0.39 is 0 Å². The summed E-state index contributed by atoms with van der Waals surface area (Å²) in [4.78, 5) is 6.69. The summed E-state index contributed by atoms with van der Waals surface area (Å²) in [5.41, 5.74) is 1.15. The summed E-state index contributed by atoms with van der Waals surface area (Å²) < 4.78 is 11.4. The molecular formula is C21H36N4O2. The lowest BCUT2D eigenvalue weighted by molar-refractivity contribution is 0.0322. The fraction of sp³-hybridized carbons (Fsp3) is 0.667. The van der Waals surface area contributed by atoms with E-state index in [1.807, 2.05) is 25.2 Å². The van der Waals surface area contributed by atoms with Gasteiger partial charge in [-0.05, 0) is 12.5 Å². The van der Waals surface area contributed by atoms with Crippen LogP contribution in [-0.4, -0.2) is 63.9 Å². The first-order chi connectivity index (χ1) is 13.3. The van der Waals surface area contributed by atoms with Gasteiger partial charge in [0.05, 0.1) is 13.2 Å². The number of nitrogens with one attached hydrogen (secondary N) is 2. The molecule has 0 atom stereocenters. The normalized spacial score (nSPS) is 15.6. The summed E-state index contributed by atoms with van der Waals surface area (Å²) in [5, 5.41) is 6.77. The second-order valence-electron chi connectivity index (χ2n) is 6.82. The van der Waals surface area contributed by atoms with Crippen LogP contribution in [0.4, 0.5) is 0 Å². The fourth-order valence-corrected chi connectivity index (χ4v) is 3.06. The number of nitrogens with zero attached hydrogens (tertiary/aromatic N) is 2. The van der Waals surface area contributed by atoms with Crippen LogP contribution in [0, 0.1) is 0 Å². The van der Waals surface area contributed by atoms with Crippen molar-refractivity contribution < 1.29 is 9.47 Å². The lowest BCUT2D eigenvalue weighted by Crippen LogP contribution is -2.38. The Bertz CT molecular complexity index is 545. The maximum atomic E-state index is 6.05. The number of morpholine rings is 1. The van der Waals surface area contributed by atoms with Gasteiger partial charge in [0.25, 0.3) is 0 Å². The van der Waals surface area contributed by atoms with Crippen molar-refractivity contribution in [3.63, 3.8) is 0 Å². The molecular weight excluding hydrogens is 340 g/mol. The van der Waals surface area contributed by atoms with Gasteiger partial charge in [0, 0.05) is 45.3 Å². The van der Waals surface area contributed by atoms with Crippen LogP contribution in [0.25, 0.3) is 0 Å². The average molecular weight is 377 g/mol. The molecule has 0 spiro atoms. The summed E-state index contributed by atoms with van der Waals surface area (Å²) in [6, 6.07) is 8.21. The van der Waals surface area contributed by atoms with Crippen LogP contribution < -0.4 is 15.4 Å². The molecule has 0 aromatic heterocycles. The Morgan fingerprint density at radius 3 is 2.74 bits per heavy atom. The molecule has 0 aliphatic carbocycles. The van der Waals surface area contributed by atoms with Crippen molar-refractivity contribution in [3.8, 4) is 5.75 Å². The third-order valence-electron chi connectivity index (χ3n) is 4.73. The summed E-state index contributed by atoms with van der Waals surface area (Å²) in [6.45, 7) is 9.15. The molecule has 1 aromatic carbocycles. The molecule has 6 nitrogen and oxygen atoms in total. The molecule has 152 valence electrons. The largest absolute Gasteiger partial charge is 0.492 e. The molecule has 0 saturated carbocycles. The molecule has 6 heteroatoms. The third-order valence-corrected chi connectivity index (χ3v) is 4.73. The number of ether oxygens (including phenoxy) is 2. The molecule has 0 radical (unpaired) electrons. The molecule has 2 N–H and O–H groups in total. The second kappa shape index (κ2) is 13.4. The molecule has 0 amide bonds. The van der Waals surface area contributed by atoms with Crippen LogP contribution in [0.3, 0.4) is 0 Å². The molecule has 0 bridgehead atoms. The summed E-state index contributed by atoms with van der Waals surface area (Å²) >= 11 is 0. The Morgan fingerprint density at radius 2 is 1.96 bits per heavy atom. The van der Waals surface area contributed by atoms with Gasteiger partial charge in [-0.15, -0.1) is 0 Å². The van der Waals surface area contributed by atoms with Crippen LogP contribution in [0.1, 0.15) is 38.2 Å². The third kappa shape index (κ3) is 8.63. The highest BCUT2D eigenvalue weighted by Crippen LogP contribution is 2.17. The molecule has 1 aliphatic rings. The number of hydrogen-bond acceptors (Lipinski definition) is 4. The highest BCUT2D eigenvalue weighted by atomic mass is 16.5. The van der Waals surface area contributed by atoms with Crippen LogP contribution >= 0.6 is 0 Å². The molecule has 1 aliphatic heterocycles. The first-order valence-corrected chi connectivity index (χ1v) is 10.3. The van der Waals surface area contributed by atoms with E-state index in [0.29, 0.717) is 13.2 Å². The zero-order valence-electron chi connectivity index (χ0n) is 17.0. The van der Waals surface area contributed by atoms with E-state index in [9.17, 15) is 0 Å². The number of unbranched alkanes of at least 4 members (excludes halogenated alkanes) is 3. The predicted molar refractivity (Wildman–Crippen MR) is 112 cm³/mol. The molecule has 1 saturated heterocycles. The maximum absolute atomic E-state index is 6.05. The van der Waals surface area contributed by atoms with Gasteiger partial charge in [0.2, 0.25) is 0 Å². The first kappa shape index (κ1) is 21.5. The zero-order valence-corrected chi connectivity index (χ0v) is 17.0. The van der Waals surface area contributed by atoms with Crippen molar-refractivity contribution in [3.05, 3.63) is 29.8 Å². The first-order valence-electron chi connectivity index (χ1n) is 10.3. The van der Waals surface area contributed by atoms with Crippen LogP contribution in [0.2, 0.25) is 0 Å². The van der Waals surface area contributed by atoms with Gasteiger partial charge in [-0.1, -0.05) is 44.4 Å². The van der Waals surface area contributed by atoms with Crippen molar-refractivity contribution >= 4 is 5.96 Å². The van der Waals surface area contributed by atoms with Crippen molar-refractivity contribution in [2.75, 3.05) is 53.0 Å². The quantitative estimate of drug-likeness (QED) is 0.353. The van der Waals surface area contributed by atoms with Gasteiger partial charge in [-0.2, -0.15) is 0 Å². The predicted octanol–water partition coefficient (Wildman–Crippen LogP) is 2.64. The van der Waals surface area contributed by atoms with Gasteiger partial charge >= 0.3 is 0 Å². The lowest BCUT2D eigenvalue weighted by Gasteiger charge is -2.26. The van der Waals surface area contributed by atoms with E-state index in [1.54, 1.807) is 0 Å². The van der Waals surface area contributed by atoms with Gasteiger partial charge in [-0.3, -0.25) is 9.89 Å². The van der Waals surface area contributed by atoms with Crippen molar-refractivity contribution in [2.45, 2.75) is 39.2 Å². The Hall–Kier alpha value is -1.79. The van der Waals surface area contributed by atoms with E-state index in [1.165, 1.54) is 25.7 Å². The van der Waals surface area contributed by atoms with Crippen LogP contribution in [0.15, 0.2) is 29.3 Å². The Kier molecular flexibility index (Phi) is 10.7. The molecule has 2 rings (SSSR count). The smallest absolute Gasteiger partial charge is 0.191 e. The minimum atomic E-state index is 0.696. The lowest BCUT2D eigenvalue weighted by atomic mass is 10.2. The number of para-hydroxylation sites is 1. The number of benzene rings is 1. The summed E-state index contributed by atoms with van der Waals surface area (Å²) in [5.74, 6) is 1.78. The molecule has 0 unspecified atom stereocenters. The average Bonchev–Trinajstić information content (AvgIpc) is 2.72. The van der Waals surface area contributed by atoms with E-state index in [2.05, 4.69) is 33.5 Å². The minimum absolute atomic E-state index is 0.696. The monoisotopic (exact) mass is 376 g/mol. The van der Waals surface area contributed by atoms with Gasteiger partial charge in [0.1, 0.15) is 12.4 Å². The van der Waals surface area contributed by atoms with Crippen molar-refractivity contribution in [1.29, 1.82) is 0 Å².